The molecule has 4 amide bonds. The molecule has 0 unspecified atom stereocenters. The normalized spacial score (nSPS) is 19.9. The van der Waals surface area contributed by atoms with Crippen molar-refractivity contribution in [1.82, 2.24) is 25.8 Å². The molecule has 12 nitrogen and oxygen atoms in total. The van der Waals surface area contributed by atoms with Gasteiger partial charge in [-0.05, 0) is 43.1 Å². The average molecular weight is 746 g/mol. The number of benzene rings is 1. The first-order valence-corrected chi connectivity index (χ1v) is 19.6. The van der Waals surface area contributed by atoms with Crippen LogP contribution in [-0.4, -0.2) is 115 Å². The summed E-state index contributed by atoms with van der Waals surface area (Å²) in [5, 5.41) is 20.1. The van der Waals surface area contributed by atoms with Gasteiger partial charge in [-0.15, -0.1) is 0 Å². The van der Waals surface area contributed by atoms with Crippen molar-refractivity contribution in [2.75, 3.05) is 27.8 Å². The highest BCUT2D eigenvalue weighted by molar-refractivity contribution is 5.90. The number of carbonyl (C=O) groups excluding carboxylic acids is 4. The van der Waals surface area contributed by atoms with Crippen LogP contribution in [0.2, 0.25) is 0 Å². The van der Waals surface area contributed by atoms with E-state index in [-0.39, 0.29) is 59.9 Å². The lowest BCUT2D eigenvalue weighted by molar-refractivity contribution is -0.148. The molecule has 1 fully saturated rings. The number of methoxy groups -OCH3 is 2. The molecule has 0 aromatic heterocycles. The maximum absolute atomic E-state index is 14.2. The molecule has 0 bridgehead atoms. The molecule has 1 aromatic rings. The number of rotatable bonds is 21. The van der Waals surface area contributed by atoms with E-state index in [2.05, 4.69) is 16.0 Å². The van der Waals surface area contributed by atoms with Gasteiger partial charge in [-0.1, -0.05) is 99.1 Å². The summed E-state index contributed by atoms with van der Waals surface area (Å²) < 4.78 is 11.9. The molecule has 1 aliphatic rings. The second-order valence-electron chi connectivity index (χ2n) is 16.0. The summed E-state index contributed by atoms with van der Waals surface area (Å²) >= 11 is 0. The van der Waals surface area contributed by atoms with Crippen LogP contribution in [0.25, 0.3) is 0 Å². The zero-order valence-corrected chi connectivity index (χ0v) is 34.7. The van der Waals surface area contributed by atoms with E-state index < -0.39 is 48.4 Å². The first-order chi connectivity index (χ1) is 24.9. The van der Waals surface area contributed by atoms with Gasteiger partial charge in [0.25, 0.3) is 0 Å². The fourth-order valence-corrected chi connectivity index (χ4v) is 7.59. The number of carbonyl (C=O) groups is 4. The fraction of sp³-hybridized carbons (Fsp3) is 0.756. The summed E-state index contributed by atoms with van der Waals surface area (Å²) in [6, 6.07) is 6.74. The van der Waals surface area contributed by atoms with Crippen molar-refractivity contribution in [3.8, 4) is 0 Å². The highest BCUT2D eigenvalue weighted by Gasteiger charge is 2.43. The number of ether oxygens (including phenoxy) is 2. The molecule has 302 valence electrons. The van der Waals surface area contributed by atoms with E-state index in [4.69, 9.17) is 9.47 Å². The van der Waals surface area contributed by atoms with Crippen molar-refractivity contribution in [1.29, 1.82) is 0 Å². The predicted molar refractivity (Wildman–Crippen MR) is 209 cm³/mol. The monoisotopic (exact) mass is 746 g/mol. The van der Waals surface area contributed by atoms with Crippen LogP contribution in [0.4, 0.5) is 0 Å². The minimum absolute atomic E-state index is 0.0192. The van der Waals surface area contributed by atoms with Crippen LogP contribution in [0, 0.1) is 23.7 Å². The maximum atomic E-state index is 14.2. The predicted octanol–water partition coefficient (Wildman–Crippen LogP) is 4.31. The van der Waals surface area contributed by atoms with Gasteiger partial charge in [0, 0.05) is 33.9 Å². The SMILES string of the molecule is CC[C@H](C)[C@@H]([C@@H](CC(=O)N1CCC[C@H]1[C@H](OC)[C@@H](C)C(=O)N[C@H](C)[C@@H](O)c1ccccc1)OC)N(C)C(=O)[C@@H](NC(=O)[C@@H](NC(C)C)C(C)C)C(C)C. The van der Waals surface area contributed by atoms with Crippen LogP contribution in [0.15, 0.2) is 30.3 Å². The van der Waals surface area contributed by atoms with Gasteiger partial charge < -0.3 is 40.3 Å². The van der Waals surface area contributed by atoms with E-state index in [1.807, 2.05) is 85.7 Å². The van der Waals surface area contributed by atoms with Crippen molar-refractivity contribution >= 4 is 23.6 Å². The molecule has 10 atom stereocenters. The van der Waals surface area contributed by atoms with Crippen molar-refractivity contribution in [2.24, 2.45) is 23.7 Å². The quantitative estimate of drug-likeness (QED) is 0.146. The van der Waals surface area contributed by atoms with Crippen LogP contribution in [0.3, 0.4) is 0 Å². The van der Waals surface area contributed by atoms with Crippen molar-refractivity contribution < 1.29 is 33.8 Å². The number of likely N-dealkylation sites (tertiary alicyclic amines) is 1. The van der Waals surface area contributed by atoms with Gasteiger partial charge in [-0.2, -0.15) is 0 Å². The van der Waals surface area contributed by atoms with E-state index in [1.165, 1.54) is 0 Å². The lowest BCUT2D eigenvalue weighted by Crippen LogP contribution is -2.60. The van der Waals surface area contributed by atoms with E-state index in [9.17, 15) is 24.3 Å². The third kappa shape index (κ3) is 12.5. The first-order valence-electron chi connectivity index (χ1n) is 19.6. The Morgan fingerprint density at radius 3 is 2.00 bits per heavy atom. The maximum Gasteiger partial charge on any atom is 0.245 e. The third-order valence-corrected chi connectivity index (χ3v) is 10.9. The molecule has 12 heteroatoms. The lowest BCUT2D eigenvalue weighted by atomic mass is 9.89. The summed E-state index contributed by atoms with van der Waals surface area (Å²) in [6.07, 6.45) is 0.134. The topological polar surface area (TPSA) is 150 Å². The minimum atomic E-state index is -0.877. The molecule has 0 aliphatic carbocycles. The van der Waals surface area contributed by atoms with E-state index in [0.29, 0.717) is 18.5 Å². The van der Waals surface area contributed by atoms with Crippen LogP contribution in [0.5, 0.6) is 0 Å². The Hall–Kier alpha value is -3.06. The van der Waals surface area contributed by atoms with Crippen LogP contribution in [0.1, 0.15) is 107 Å². The molecule has 0 radical (unpaired) electrons. The average Bonchev–Trinajstić information content (AvgIpc) is 3.61. The van der Waals surface area contributed by atoms with Crippen LogP contribution >= 0.6 is 0 Å². The number of nitrogens with one attached hydrogen (secondary N) is 3. The van der Waals surface area contributed by atoms with Crippen molar-refractivity contribution in [3.05, 3.63) is 35.9 Å². The Bertz CT molecular complexity index is 1290. The van der Waals surface area contributed by atoms with E-state index >= 15 is 0 Å². The number of hydrogen-bond acceptors (Lipinski definition) is 8. The molecular formula is C41H71N5O7. The molecule has 2 rings (SSSR count). The van der Waals surface area contributed by atoms with Gasteiger partial charge in [0.1, 0.15) is 6.04 Å². The molecule has 1 saturated heterocycles. The molecule has 53 heavy (non-hydrogen) atoms. The molecule has 4 N–H and O–H groups in total. The second-order valence-corrected chi connectivity index (χ2v) is 16.0. The molecular weight excluding hydrogens is 674 g/mol. The first kappa shape index (κ1) is 46.1. The Morgan fingerprint density at radius 2 is 1.49 bits per heavy atom. The zero-order valence-electron chi connectivity index (χ0n) is 34.7. The Balaban J connectivity index is 2.25. The second kappa shape index (κ2) is 21.7. The number of amides is 4. The Kier molecular flexibility index (Phi) is 18.9. The smallest absolute Gasteiger partial charge is 0.245 e. The van der Waals surface area contributed by atoms with E-state index in [0.717, 1.165) is 12.8 Å². The zero-order chi connectivity index (χ0) is 40.2. The van der Waals surface area contributed by atoms with Gasteiger partial charge in [0.15, 0.2) is 0 Å². The van der Waals surface area contributed by atoms with Crippen LogP contribution in [-0.2, 0) is 28.7 Å². The number of aliphatic hydroxyl groups excluding tert-OH is 1. The number of nitrogens with zero attached hydrogens (tertiary/aromatic N) is 2. The number of hydrogen-bond donors (Lipinski definition) is 4. The summed E-state index contributed by atoms with van der Waals surface area (Å²) in [6.45, 7) is 19.9. The number of likely N-dealkylation sites (N-methyl/N-ethyl adjacent to an activating group) is 1. The molecule has 0 spiro atoms. The van der Waals surface area contributed by atoms with E-state index in [1.54, 1.807) is 44.9 Å². The Morgan fingerprint density at radius 1 is 0.887 bits per heavy atom. The standard InChI is InChI=1S/C41H71N5O7/c1-14-27(8)36(45(11)41(51)35(25(4)5)44-40(50)34(24(2)3)42-26(6)7)32(52-12)23-33(47)46-22-18-21-31(46)38(53-13)28(9)39(49)43-29(10)37(48)30-19-16-15-17-20-30/h15-17,19-20,24-29,31-32,34-38,42,48H,14,18,21-23H2,1-13H3,(H,43,49)(H,44,50)/t27-,28+,29+,31-,32+,34-,35-,36-,37+,38+/m0/s1. The summed E-state index contributed by atoms with van der Waals surface area (Å²) in [4.78, 5) is 58.8. The largest absolute Gasteiger partial charge is 0.386 e. The Labute approximate surface area is 319 Å². The van der Waals surface area contributed by atoms with Crippen molar-refractivity contribution in [3.63, 3.8) is 0 Å². The summed E-state index contributed by atoms with van der Waals surface area (Å²) in [5.74, 6) is -1.63. The highest BCUT2D eigenvalue weighted by atomic mass is 16.5. The lowest BCUT2D eigenvalue weighted by Gasteiger charge is -2.41. The van der Waals surface area contributed by atoms with Crippen molar-refractivity contribution in [2.45, 2.75) is 149 Å². The van der Waals surface area contributed by atoms with Gasteiger partial charge in [0.2, 0.25) is 23.6 Å². The van der Waals surface area contributed by atoms with Gasteiger partial charge in [-0.25, -0.2) is 0 Å². The van der Waals surface area contributed by atoms with Gasteiger partial charge >= 0.3 is 0 Å². The molecule has 1 aliphatic heterocycles. The fourth-order valence-electron chi connectivity index (χ4n) is 7.59. The summed E-state index contributed by atoms with van der Waals surface area (Å²) in [5.41, 5.74) is 0.711. The highest BCUT2D eigenvalue weighted by Crippen LogP contribution is 2.30. The molecule has 1 aromatic carbocycles. The molecule has 1 heterocycles. The molecule has 0 saturated carbocycles. The third-order valence-electron chi connectivity index (χ3n) is 10.9. The minimum Gasteiger partial charge on any atom is -0.386 e. The number of aliphatic hydroxyl groups is 1. The van der Waals surface area contributed by atoms with Gasteiger partial charge in [0.05, 0.1) is 54.8 Å². The van der Waals surface area contributed by atoms with Gasteiger partial charge in [-0.3, -0.25) is 19.2 Å². The van der Waals surface area contributed by atoms with Crippen LogP contribution < -0.4 is 16.0 Å². The summed E-state index contributed by atoms with van der Waals surface area (Å²) in [7, 11) is 4.86.